The number of unbranched alkanes of at least 4 members (excludes halogenated alkanes) is 30. The van der Waals surface area contributed by atoms with Crippen molar-refractivity contribution in [3.63, 3.8) is 0 Å². The van der Waals surface area contributed by atoms with E-state index in [0.29, 0.717) is 19.4 Å². The van der Waals surface area contributed by atoms with Crippen molar-refractivity contribution in [3.05, 3.63) is 60.8 Å². The molecule has 0 N–H and O–H groups in total. The Kier molecular flexibility index (Phi) is 52.9. The van der Waals surface area contributed by atoms with Crippen molar-refractivity contribution >= 4 is 11.9 Å². The number of carbonyl (C=O) groups excluding carboxylic acids is 2. The Balaban J connectivity index is 4.25. The highest BCUT2D eigenvalue weighted by atomic mass is 16.6. The van der Waals surface area contributed by atoms with E-state index < -0.39 is 6.10 Å². The maximum absolute atomic E-state index is 12.8. The molecule has 0 aliphatic heterocycles. The second-order valence-corrected chi connectivity index (χ2v) is 18.5. The van der Waals surface area contributed by atoms with Crippen LogP contribution < -0.4 is 0 Å². The topological polar surface area (TPSA) is 61.8 Å². The van der Waals surface area contributed by atoms with Crippen molar-refractivity contribution in [2.45, 2.75) is 284 Å². The summed E-state index contributed by atoms with van der Waals surface area (Å²) in [4.78, 5) is 25.4. The number of ether oxygens (including phenoxy) is 3. The first-order chi connectivity index (χ1) is 31.6. The van der Waals surface area contributed by atoms with Crippen LogP contribution >= 0.6 is 0 Å². The van der Waals surface area contributed by atoms with E-state index >= 15 is 0 Å². The predicted molar refractivity (Wildman–Crippen MR) is 279 cm³/mol. The average molecular weight is 895 g/mol. The minimum atomic E-state index is -0.555. The molecule has 5 nitrogen and oxygen atoms in total. The van der Waals surface area contributed by atoms with E-state index in [-0.39, 0.29) is 25.2 Å². The first-order valence-corrected chi connectivity index (χ1v) is 27.8. The highest BCUT2D eigenvalue weighted by Crippen LogP contribution is 2.16. The third-order valence-corrected chi connectivity index (χ3v) is 12.1. The van der Waals surface area contributed by atoms with Gasteiger partial charge in [-0.15, -0.1) is 0 Å². The molecular weight excluding hydrogens is 789 g/mol. The molecule has 5 heteroatoms. The molecule has 0 heterocycles. The van der Waals surface area contributed by atoms with Gasteiger partial charge in [0.25, 0.3) is 0 Å². The summed E-state index contributed by atoms with van der Waals surface area (Å²) < 4.78 is 17.4. The van der Waals surface area contributed by atoms with Crippen molar-refractivity contribution in [2.75, 3.05) is 19.8 Å². The Morgan fingerprint density at radius 2 is 0.703 bits per heavy atom. The second-order valence-electron chi connectivity index (χ2n) is 18.5. The van der Waals surface area contributed by atoms with Crippen LogP contribution in [0.1, 0.15) is 278 Å². The molecular formula is C59H106O5. The van der Waals surface area contributed by atoms with E-state index in [1.807, 2.05) is 0 Å². The Labute approximate surface area is 398 Å². The number of hydrogen-bond acceptors (Lipinski definition) is 5. The lowest BCUT2D eigenvalue weighted by Gasteiger charge is -2.18. The molecule has 0 aromatic carbocycles. The van der Waals surface area contributed by atoms with E-state index in [0.717, 1.165) is 70.6 Å². The average Bonchev–Trinajstić information content (AvgIpc) is 3.30. The summed E-state index contributed by atoms with van der Waals surface area (Å²) in [6.45, 7) is 7.69. The quantitative estimate of drug-likeness (QED) is 0.0346. The molecule has 0 aromatic heterocycles. The summed E-state index contributed by atoms with van der Waals surface area (Å²) in [7, 11) is 0. The van der Waals surface area contributed by atoms with Crippen LogP contribution in [0.25, 0.3) is 0 Å². The third kappa shape index (κ3) is 52.2. The molecule has 64 heavy (non-hydrogen) atoms. The van der Waals surface area contributed by atoms with E-state index in [1.54, 1.807) is 0 Å². The molecule has 0 saturated heterocycles. The van der Waals surface area contributed by atoms with Gasteiger partial charge in [-0.1, -0.05) is 268 Å². The lowest BCUT2D eigenvalue weighted by atomic mass is 10.0. The number of allylic oxidation sites excluding steroid dienone is 10. The van der Waals surface area contributed by atoms with Gasteiger partial charge in [0.1, 0.15) is 6.61 Å². The van der Waals surface area contributed by atoms with E-state index in [4.69, 9.17) is 14.2 Å². The fourth-order valence-electron chi connectivity index (χ4n) is 7.96. The van der Waals surface area contributed by atoms with Crippen LogP contribution in [0.4, 0.5) is 0 Å². The zero-order valence-corrected chi connectivity index (χ0v) is 42.8. The van der Waals surface area contributed by atoms with Crippen LogP contribution in [0.3, 0.4) is 0 Å². The van der Waals surface area contributed by atoms with Crippen molar-refractivity contribution in [2.24, 2.45) is 0 Å². The Morgan fingerprint density at radius 3 is 1.11 bits per heavy atom. The van der Waals surface area contributed by atoms with Crippen LogP contribution in [-0.2, 0) is 23.8 Å². The van der Waals surface area contributed by atoms with Gasteiger partial charge in [0, 0.05) is 19.4 Å². The van der Waals surface area contributed by atoms with Crippen LogP contribution in [0.5, 0.6) is 0 Å². The van der Waals surface area contributed by atoms with Crippen molar-refractivity contribution < 1.29 is 23.8 Å². The molecule has 0 saturated carbocycles. The molecule has 1 unspecified atom stereocenters. The van der Waals surface area contributed by atoms with Gasteiger partial charge in [-0.05, 0) is 57.8 Å². The van der Waals surface area contributed by atoms with Gasteiger partial charge in [-0.3, -0.25) is 9.59 Å². The molecule has 0 aliphatic rings. The van der Waals surface area contributed by atoms with Gasteiger partial charge in [-0.2, -0.15) is 0 Å². The number of hydrogen-bond donors (Lipinski definition) is 0. The van der Waals surface area contributed by atoms with Crippen molar-refractivity contribution in [3.8, 4) is 0 Å². The molecule has 0 radical (unpaired) electrons. The fourth-order valence-corrected chi connectivity index (χ4v) is 7.96. The Morgan fingerprint density at radius 1 is 0.359 bits per heavy atom. The molecule has 0 rings (SSSR count). The fraction of sp³-hybridized carbons (Fsp3) is 0.797. The zero-order chi connectivity index (χ0) is 46.3. The van der Waals surface area contributed by atoms with Gasteiger partial charge in [0.2, 0.25) is 0 Å². The van der Waals surface area contributed by atoms with Crippen LogP contribution in [0.2, 0.25) is 0 Å². The summed E-state index contributed by atoms with van der Waals surface area (Å²) in [5.41, 5.74) is 0. The van der Waals surface area contributed by atoms with Gasteiger partial charge >= 0.3 is 11.9 Å². The minimum absolute atomic E-state index is 0.0593. The first-order valence-electron chi connectivity index (χ1n) is 27.8. The molecule has 1 atom stereocenters. The van der Waals surface area contributed by atoms with Gasteiger partial charge in [0.15, 0.2) is 6.10 Å². The van der Waals surface area contributed by atoms with Crippen LogP contribution in [-0.4, -0.2) is 37.9 Å². The summed E-state index contributed by atoms with van der Waals surface area (Å²) >= 11 is 0. The van der Waals surface area contributed by atoms with Gasteiger partial charge in [-0.25, -0.2) is 0 Å². The maximum atomic E-state index is 12.8. The van der Waals surface area contributed by atoms with E-state index in [9.17, 15) is 9.59 Å². The number of esters is 2. The molecule has 0 aliphatic carbocycles. The van der Waals surface area contributed by atoms with Crippen LogP contribution in [0, 0.1) is 0 Å². The first kappa shape index (κ1) is 61.6. The highest BCUT2D eigenvalue weighted by molar-refractivity contribution is 5.70. The summed E-state index contributed by atoms with van der Waals surface area (Å²) in [6, 6.07) is 0. The third-order valence-electron chi connectivity index (χ3n) is 12.1. The van der Waals surface area contributed by atoms with Gasteiger partial charge in [0.05, 0.1) is 6.61 Å². The molecule has 0 bridgehead atoms. The number of carbonyl (C=O) groups is 2. The van der Waals surface area contributed by atoms with Crippen LogP contribution in [0.15, 0.2) is 60.8 Å². The molecule has 0 spiro atoms. The highest BCUT2D eigenvalue weighted by Gasteiger charge is 2.17. The standard InChI is InChI=1S/C59H106O5/c1-4-7-10-13-16-19-22-24-26-28-29-30-32-34-36-39-42-45-48-51-54-62-55-57(64-59(61)53-50-47-44-41-37-21-18-15-12-9-6-3)56-63-58(60)52-49-46-43-40-38-35-33-31-27-25-23-20-17-14-11-8-5-2/h8,11,17,20,25,27,33,35,40,43,57H,4-7,9-10,12-16,18-19,21-24,26,28-32,34,36-39,41-42,44-56H2,1-3H3/b11-8-,20-17-,27-25-,35-33-,43-40-. The molecule has 0 amide bonds. The monoisotopic (exact) mass is 895 g/mol. The predicted octanol–water partition coefficient (Wildman–Crippen LogP) is 18.9. The van der Waals surface area contributed by atoms with E-state index in [1.165, 1.54) is 173 Å². The maximum Gasteiger partial charge on any atom is 0.306 e. The largest absolute Gasteiger partial charge is 0.462 e. The van der Waals surface area contributed by atoms with Crippen molar-refractivity contribution in [1.82, 2.24) is 0 Å². The summed E-state index contributed by atoms with van der Waals surface area (Å²) in [5.74, 6) is -0.453. The zero-order valence-electron chi connectivity index (χ0n) is 42.8. The summed E-state index contributed by atoms with van der Waals surface area (Å²) in [6.07, 6.45) is 69.6. The second kappa shape index (κ2) is 54.9. The van der Waals surface area contributed by atoms with Crippen molar-refractivity contribution in [1.29, 1.82) is 0 Å². The smallest absolute Gasteiger partial charge is 0.306 e. The lowest BCUT2D eigenvalue weighted by Crippen LogP contribution is -2.30. The SMILES string of the molecule is CC/C=C\C/C=C\C/C=C\C/C=C\C/C=C\CCCC(=O)OCC(COCCCCCCCCCCCCCCCCCCCCCC)OC(=O)CCCCCCCCCCCCC. The molecule has 0 fully saturated rings. The Hall–Kier alpha value is -2.40. The Bertz CT molecular complexity index is 1100. The summed E-state index contributed by atoms with van der Waals surface area (Å²) in [5, 5.41) is 0. The molecule has 372 valence electrons. The van der Waals surface area contributed by atoms with Gasteiger partial charge < -0.3 is 14.2 Å². The molecule has 0 aromatic rings. The normalized spacial score (nSPS) is 12.6. The van der Waals surface area contributed by atoms with E-state index in [2.05, 4.69) is 81.5 Å². The lowest BCUT2D eigenvalue weighted by molar-refractivity contribution is -0.163. The number of rotatable bonds is 51. The minimum Gasteiger partial charge on any atom is -0.462 e.